The molecule has 2 atom stereocenters. The first-order valence-corrected chi connectivity index (χ1v) is 11.4. The molecule has 2 heterocycles. The number of para-hydroxylation sites is 1. The van der Waals surface area contributed by atoms with Crippen molar-refractivity contribution in [3.63, 3.8) is 0 Å². The number of halogens is 1. The lowest BCUT2D eigenvalue weighted by Crippen LogP contribution is -2.36. The molecule has 0 radical (unpaired) electrons. The van der Waals surface area contributed by atoms with Crippen LogP contribution in [0, 0.1) is 5.92 Å². The molecule has 3 aromatic carbocycles. The fourth-order valence-corrected chi connectivity index (χ4v) is 4.96. The van der Waals surface area contributed by atoms with Gasteiger partial charge < -0.3 is 9.30 Å². The minimum Gasteiger partial charge on any atom is -0.392 e. The molecule has 1 fully saturated rings. The van der Waals surface area contributed by atoms with Gasteiger partial charge in [0, 0.05) is 23.5 Å². The Morgan fingerprint density at radius 2 is 1.44 bits per heavy atom. The van der Waals surface area contributed by atoms with Crippen LogP contribution in [0.5, 0.6) is 0 Å². The Morgan fingerprint density at radius 3 is 2.12 bits per heavy atom. The van der Waals surface area contributed by atoms with Crippen LogP contribution in [0.15, 0.2) is 97.1 Å². The number of fused-ring (bicyclic) bond motifs is 1. The lowest BCUT2D eigenvalue weighted by Gasteiger charge is -2.25. The average Bonchev–Trinajstić information content (AvgIpc) is 3.26. The first kappa shape index (κ1) is 21.9. The normalized spacial score (nSPS) is 20.6. The summed E-state index contributed by atoms with van der Waals surface area (Å²) in [6.07, 6.45) is 7.20. The van der Waals surface area contributed by atoms with E-state index in [2.05, 4.69) is 0 Å². The summed E-state index contributed by atoms with van der Waals surface area (Å²) in [4.78, 5) is 26.6. The molecule has 5 heteroatoms. The molecule has 1 aliphatic rings. The molecule has 1 aliphatic heterocycles. The van der Waals surface area contributed by atoms with Crippen molar-refractivity contribution in [2.24, 2.45) is 13.0 Å². The van der Waals surface area contributed by atoms with Crippen molar-refractivity contribution < 1.29 is 14.3 Å². The molecular formula is C29H22ClNO3. The molecule has 0 saturated carbocycles. The molecule has 4 aromatic rings. The molecular weight excluding hydrogens is 446 g/mol. The van der Waals surface area contributed by atoms with Gasteiger partial charge in [-0.2, -0.15) is 0 Å². The molecule has 0 N–H and O–H groups in total. The highest BCUT2D eigenvalue weighted by molar-refractivity contribution is 6.33. The van der Waals surface area contributed by atoms with Crippen LogP contribution in [0.3, 0.4) is 0 Å². The van der Waals surface area contributed by atoms with Crippen molar-refractivity contribution in [1.82, 2.24) is 4.57 Å². The second-order valence-electron chi connectivity index (χ2n) is 8.31. The van der Waals surface area contributed by atoms with Crippen LogP contribution < -0.4 is 0 Å². The van der Waals surface area contributed by atoms with E-state index in [1.165, 1.54) is 0 Å². The molecule has 4 nitrogen and oxygen atoms in total. The van der Waals surface area contributed by atoms with Gasteiger partial charge in [-0.1, -0.05) is 115 Å². The van der Waals surface area contributed by atoms with Gasteiger partial charge in [-0.3, -0.25) is 9.59 Å². The van der Waals surface area contributed by atoms with E-state index in [0.717, 1.165) is 22.0 Å². The Hall–Kier alpha value is -3.89. The summed E-state index contributed by atoms with van der Waals surface area (Å²) in [5.41, 5.74) is 1.83. The van der Waals surface area contributed by atoms with Crippen LogP contribution in [0.4, 0.5) is 0 Å². The van der Waals surface area contributed by atoms with Gasteiger partial charge >= 0.3 is 11.9 Å². The first-order valence-electron chi connectivity index (χ1n) is 11.0. The summed E-state index contributed by atoms with van der Waals surface area (Å²) in [5, 5.41) is 1.20. The maximum atomic E-state index is 13.6. The number of benzene rings is 3. The number of cyclic esters (lactones) is 2. The largest absolute Gasteiger partial charge is 0.392 e. The number of ether oxygens (including phenoxy) is 1. The number of carbonyl (C=O) groups excluding carboxylic acids is 2. The van der Waals surface area contributed by atoms with Crippen LogP contribution >= 0.6 is 11.6 Å². The van der Waals surface area contributed by atoms with E-state index in [1.54, 1.807) is 12.2 Å². The van der Waals surface area contributed by atoms with Gasteiger partial charge in [0.15, 0.2) is 0 Å². The van der Waals surface area contributed by atoms with Crippen molar-refractivity contribution >= 4 is 46.6 Å². The molecule has 34 heavy (non-hydrogen) atoms. The summed E-state index contributed by atoms with van der Waals surface area (Å²) in [5.74, 6) is -2.12. The van der Waals surface area contributed by atoms with Crippen LogP contribution in [0.1, 0.15) is 16.7 Å². The zero-order valence-corrected chi connectivity index (χ0v) is 19.3. The van der Waals surface area contributed by atoms with Crippen LogP contribution in [-0.2, 0) is 26.8 Å². The van der Waals surface area contributed by atoms with Gasteiger partial charge in [-0.25, -0.2) is 0 Å². The van der Waals surface area contributed by atoms with Gasteiger partial charge in [-0.05, 0) is 17.2 Å². The molecule has 0 amide bonds. The minimum atomic E-state index is -1.42. The molecule has 1 saturated heterocycles. The number of aromatic nitrogens is 1. The Morgan fingerprint density at radius 1 is 0.853 bits per heavy atom. The second-order valence-corrected chi connectivity index (χ2v) is 8.67. The zero-order valence-electron chi connectivity index (χ0n) is 18.5. The third-order valence-electron chi connectivity index (χ3n) is 6.34. The fraction of sp³-hybridized carbons (Fsp3) is 0.103. The van der Waals surface area contributed by atoms with Crippen molar-refractivity contribution in [2.75, 3.05) is 0 Å². The van der Waals surface area contributed by atoms with E-state index in [-0.39, 0.29) is 0 Å². The Labute approximate surface area is 202 Å². The number of hydrogen-bond acceptors (Lipinski definition) is 3. The Bertz CT molecular complexity index is 1440. The van der Waals surface area contributed by atoms with E-state index in [0.29, 0.717) is 10.7 Å². The number of carbonyl (C=O) groups is 2. The van der Waals surface area contributed by atoms with Crippen molar-refractivity contribution in [2.45, 2.75) is 5.41 Å². The molecule has 168 valence electrons. The summed E-state index contributed by atoms with van der Waals surface area (Å²) in [6, 6.07) is 26.9. The van der Waals surface area contributed by atoms with E-state index >= 15 is 0 Å². The topological polar surface area (TPSA) is 48.3 Å². The van der Waals surface area contributed by atoms with Gasteiger partial charge in [-0.15, -0.1) is 0 Å². The van der Waals surface area contributed by atoms with Crippen LogP contribution in [0.25, 0.3) is 23.1 Å². The zero-order chi connectivity index (χ0) is 23.7. The van der Waals surface area contributed by atoms with Crippen LogP contribution in [-0.4, -0.2) is 16.5 Å². The number of rotatable bonds is 5. The quantitative estimate of drug-likeness (QED) is 0.259. The van der Waals surface area contributed by atoms with Gasteiger partial charge in [0.25, 0.3) is 0 Å². The number of aryl methyl sites for hydroxylation is 1. The highest BCUT2D eigenvalue weighted by atomic mass is 35.5. The SMILES string of the molecule is Cn1c(Cl)c(C2(/C=C/c3ccccc3)C(=O)OC(=O)C2/C=C/c2ccccc2)c2ccccc21. The summed E-state index contributed by atoms with van der Waals surface area (Å²) in [6.45, 7) is 0. The highest BCUT2D eigenvalue weighted by Gasteiger charge is 2.58. The van der Waals surface area contributed by atoms with Crippen molar-refractivity contribution in [1.29, 1.82) is 0 Å². The summed E-state index contributed by atoms with van der Waals surface area (Å²) >= 11 is 6.87. The third-order valence-corrected chi connectivity index (χ3v) is 6.79. The third kappa shape index (κ3) is 3.57. The van der Waals surface area contributed by atoms with E-state index in [1.807, 2.05) is 109 Å². The highest BCUT2D eigenvalue weighted by Crippen LogP contribution is 2.49. The Kier molecular flexibility index (Phi) is 5.68. The van der Waals surface area contributed by atoms with Crippen molar-refractivity contribution in [3.05, 3.63) is 119 Å². The fourth-order valence-electron chi connectivity index (χ4n) is 4.61. The summed E-state index contributed by atoms with van der Waals surface area (Å²) in [7, 11) is 1.85. The monoisotopic (exact) mass is 467 g/mol. The molecule has 5 rings (SSSR count). The summed E-state index contributed by atoms with van der Waals surface area (Å²) < 4.78 is 7.12. The number of hydrogen-bond donors (Lipinski definition) is 0. The van der Waals surface area contributed by atoms with E-state index < -0.39 is 23.3 Å². The maximum Gasteiger partial charge on any atom is 0.329 e. The Balaban J connectivity index is 1.77. The average molecular weight is 468 g/mol. The van der Waals surface area contributed by atoms with Crippen molar-refractivity contribution in [3.8, 4) is 0 Å². The predicted octanol–water partition coefficient (Wildman–Crippen LogP) is 6.20. The lowest BCUT2D eigenvalue weighted by molar-refractivity contribution is -0.153. The number of esters is 2. The molecule has 1 aromatic heterocycles. The van der Waals surface area contributed by atoms with Crippen LogP contribution in [0.2, 0.25) is 5.15 Å². The maximum absolute atomic E-state index is 13.6. The van der Waals surface area contributed by atoms with Gasteiger partial charge in [0.1, 0.15) is 10.6 Å². The van der Waals surface area contributed by atoms with E-state index in [9.17, 15) is 9.59 Å². The molecule has 0 spiro atoms. The second kappa shape index (κ2) is 8.81. The lowest BCUT2D eigenvalue weighted by atomic mass is 9.70. The minimum absolute atomic E-state index is 0.392. The standard InChI is InChI=1S/C29H22ClNO3/c1-31-24-15-9-8-14-22(24)25(26(31)30)29(19-18-21-12-6-3-7-13-21)23(27(32)34-28(29)33)17-16-20-10-4-2-5-11-20/h2-19,23H,1H3/b17-16+,19-18+. The molecule has 0 bridgehead atoms. The predicted molar refractivity (Wildman–Crippen MR) is 135 cm³/mol. The number of nitrogens with zero attached hydrogens (tertiary/aromatic N) is 1. The molecule has 2 unspecified atom stereocenters. The smallest absolute Gasteiger partial charge is 0.329 e. The van der Waals surface area contributed by atoms with Gasteiger partial charge in [0.05, 0.1) is 5.92 Å². The molecule has 0 aliphatic carbocycles. The van der Waals surface area contributed by atoms with Gasteiger partial charge in [0.2, 0.25) is 0 Å². The van der Waals surface area contributed by atoms with E-state index in [4.69, 9.17) is 16.3 Å². The first-order chi connectivity index (χ1) is 16.5.